The molecule has 1 saturated carbocycles. The highest BCUT2D eigenvalue weighted by atomic mass is 16.5. The van der Waals surface area contributed by atoms with E-state index in [0.29, 0.717) is 48.4 Å². The van der Waals surface area contributed by atoms with Crippen molar-refractivity contribution in [3.05, 3.63) is 89.2 Å². The molecule has 0 bridgehead atoms. The SMILES string of the molecule is COc1ccc(C(=O)C2CCN(C(=O)c3ccc(C(=O)N[C@H]4CC[C@@H](Oc5ccc(C#N)cc5)CC4)nc3)CC2)cc1. The monoisotopic (exact) mass is 566 g/mol. The summed E-state index contributed by atoms with van der Waals surface area (Å²) in [4.78, 5) is 44.8. The highest BCUT2D eigenvalue weighted by molar-refractivity contribution is 5.99. The number of likely N-dealkylation sites (tertiary alicyclic amines) is 1. The maximum Gasteiger partial charge on any atom is 0.270 e. The molecule has 0 radical (unpaired) electrons. The van der Waals surface area contributed by atoms with Crippen molar-refractivity contribution in [1.29, 1.82) is 5.26 Å². The molecule has 2 fully saturated rings. The number of aromatic nitrogens is 1. The van der Waals surface area contributed by atoms with Gasteiger partial charge in [0.05, 0.1) is 30.4 Å². The van der Waals surface area contributed by atoms with E-state index in [-0.39, 0.29) is 41.4 Å². The largest absolute Gasteiger partial charge is 0.497 e. The topological polar surface area (TPSA) is 122 Å². The van der Waals surface area contributed by atoms with Gasteiger partial charge in [-0.15, -0.1) is 0 Å². The molecule has 216 valence electrons. The number of nitrogens with one attached hydrogen (secondary N) is 1. The molecule has 9 heteroatoms. The number of nitrogens with zero attached hydrogens (tertiary/aromatic N) is 3. The number of hydrogen-bond donors (Lipinski definition) is 1. The molecule has 2 amide bonds. The predicted molar refractivity (Wildman–Crippen MR) is 155 cm³/mol. The van der Waals surface area contributed by atoms with E-state index in [1.54, 1.807) is 72.7 Å². The Hall–Kier alpha value is -4.71. The number of hydrogen-bond acceptors (Lipinski definition) is 7. The number of ketones is 1. The van der Waals surface area contributed by atoms with Crippen molar-refractivity contribution in [2.45, 2.75) is 50.7 Å². The first-order chi connectivity index (χ1) is 20.4. The zero-order valence-corrected chi connectivity index (χ0v) is 23.6. The minimum Gasteiger partial charge on any atom is -0.497 e. The van der Waals surface area contributed by atoms with Crippen LogP contribution in [0.25, 0.3) is 0 Å². The first-order valence-electron chi connectivity index (χ1n) is 14.3. The lowest BCUT2D eigenvalue weighted by molar-refractivity contribution is 0.0649. The van der Waals surface area contributed by atoms with Crippen LogP contribution in [0, 0.1) is 17.2 Å². The van der Waals surface area contributed by atoms with E-state index in [4.69, 9.17) is 14.7 Å². The molecule has 1 saturated heterocycles. The molecular formula is C33H34N4O5. The van der Waals surface area contributed by atoms with Gasteiger partial charge in [0.2, 0.25) is 0 Å². The predicted octanol–water partition coefficient (Wildman–Crippen LogP) is 4.82. The summed E-state index contributed by atoms with van der Waals surface area (Å²) in [7, 11) is 1.59. The van der Waals surface area contributed by atoms with E-state index in [9.17, 15) is 14.4 Å². The number of carbonyl (C=O) groups excluding carboxylic acids is 3. The van der Waals surface area contributed by atoms with Crippen LogP contribution in [-0.4, -0.2) is 59.8 Å². The van der Waals surface area contributed by atoms with Crippen LogP contribution in [0.1, 0.15) is 75.3 Å². The van der Waals surface area contributed by atoms with Crippen LogP contribution in [0.2, 0.25) is 0 Å². The Morgan fingerprint density at radius 2 is 1.50 bits per heavy atom. The number of carbonyl (C=O) groups is 3. The first kappa shape index (κ1) is 28.8. The molecule has 2 aliphatic rings. The number of rotatable bonds is 8. The minimum atomic E-state index is -0.261. The molecule has 2 heterocycles. The Bertz CT molecular complexity index is 1430. The summed E-state index contributed by atoms with van der Waals surface area (Å²) in [6, 6.07) is 19.6. The number of methoxy groups -OCH3 is 1. The number of piperidine rings is 1. The van der Waals surface area contributed by atoms with Crippen molar-refractivity contribution in [3.63, 3.8) is 0 Å². The second-order valence-electron chi connectivity index (χ2n) is 10.8. The summed E-state index contributed by atoms with van der Waals surface area (Å²) < 4.78 is 11.2. The number of Topliss-reactive ketones (excluding diaryl/α,β-unsaturated/α-hetero) is 1. The Morgan fingerprint density at radius 1 is 0.857 bits per heavy atom. The van der Waals surface area contributed by atoms with E-state index in [1.807, 2.05) is 0 Å². The van der Waals surface area contributed by atoms with E-state index >= 15 is 0 Å². The molecule has 0 atom stereocenters. The van der Waals surface area contributed by atoms with Crippen LogP contribution >= 0.6 is 0 Å². The number of benzene rings is 2. The van der Waals surface area contributed by atoms with Gasteiger partial charge in [0.15, 0.2) is 5.78 Å². The van der Waals surface area contributed by atoms with Gasteiger partial charge in [-0.25, -0.2) is 0 Å². The third-order valence-corrected chi connectivity index (χ3v) is 8.07. The van der Waals surface area contributed by atoms with Crippen molar-refractivity contribution in [2.75, 3.05) is 20.2 Å². The summed E-state index contributed by atoms with van der Waals surface area (Å²) >= 11 is 0. The Kier molecular flexibility index (Phi) is 9.12. The van der Waals surface area contributed by atoms with Gasteiger partial charge in [0.1, 0.15) is 17.2 Å². The van der Waals surface area contributed by atoms with Crippen molar-refractivity contribution in [3.8, 4) is 17.6 Å². The van der Waals surface area contributed by atoms with E-state index in [2.05, 4.69) is 16.4 Å². The van der Waals surface area contributed by atoms with Gasteiger partial charge < -0.3 is 19.7 Å². The van der Waals surface area contributed by atoms with Gasteiger partial charge >= 0.3 is 0 Å². The van der Waals surface area contributed by atoms with Crippen molar-refractivity contribution >= 4 is 17.6 Å². The highest BCUT2D eigenvalue weighted by Gasteiger charge is 2.29. The van der Waals surface area contributed by atoms with Crippen LogP contribution in [0.3, 0.4) is 0 Å². The molecule has 42 heavy (non-hydrogen) atoms. The van der Waals surface area contributed by atoms with Crippen LogP contribution in [-0.2, 0) is 0 Å². The second kappa shape index (κ2) is 13.3. The maximum atomic E-state index is 13.1. The number of nitriles is 1. The smallest absolute Gasteiger partial charge is 0.270 e. The minimum absolute atomic E-state index is 0.0309. The van der Waals surface area contributed by atoms with Gasteiger partial charge in [0, 0.05) is 36.8 Å². The third-order valence-electron chi connectivity index (χ3n) is 8.07. The van der Waals surface area contributed by atoms with Crippen molar-refractivity contribution < 1.29 is 23.9 Å². The van der Waals surface area contributed by atoms with Crippen LogP contribution in [0.5, 0.6) is 11.5 Å². The molecule has 1 aromatic heterocycles. The summed E-state index contributed by atoms with van der Waals surface area (Å²) in [6.45, 7) is 0.983. The lowest BCUT2D eigenvalue weighted by Gasteiger charge is -2.31. The summed E-state index contributed by atoms with van der Waals surface area (Å²) in [5.41, 5.74) is 1.94. The van der Waals surface area contributed by atoms with E-state index in [0.717, 1.165) is 31.4 Å². The van der Waals surface area contributed by atoms with Gasteiger partial charge in [-0.3, -0.25) is 19.4 Å². The maximum absolute atomic E-state index is 13.1. The summed E-state index contributed by atoms with van der Waals surface area (Å²) in [6.07, 6.45) is 5.94. The van der Waals surface area contributed by atoms with Gasteiger partial charge in [-0.2, -0.15) is 5.26 Å². The zero-order valence-electron chi connectivity index (χ0n) is 23.6. The normalized spacial score (nSPS) is 18.9. The molecular weight excluding hydrogens is 532 g/mol. The fourth-order valence-electron chi connectivity index (χ4n) is 5.56. The quantitative estimate of drug-likeness (QED) is 0.388. The van der Waals surface area contributed by atoms with Crippen molar-refractivity contribution in [1.82, 2.24) is 15.2 Å². The van der Waals surface area contributed by atoms with Crippen LogP contribution in [0.4, 0.5) is 0 Å². The molecule has 0 spiro atoms. The fourth-order valence-corrected chi connectivity index (χ4v) is 5.56. The fraction of sp³-hybridized carbons (Fsp3) is 0.364. The van der Waals surface area contributed by atoms with E-state index in [1.165, 1.54) is 6.20 Å². The second-order valence-corrected chi connectivity index (χ2v) is 10.8. The molecule has 1 aliphatic heterocycles. The third kappa shape index (κ3) is 6.95. The zero-order chi connectivity index (χ0) is 29.5. The van der Waals surface area contributed by atoms with Gasteiger partial charge in [-0.05, 0) is 99.2 Å². The van der Waals surface area contributed by atoms with Crippen molar-refractivity contribution in [2.24, 2.45) is 5.92 Å². The highest BCUT2D eigenvalue weighted by Crippen LogP contribution is 2.26. The Labute approximate surface area is 245 Å². The van der Waals surface area contributed by atoms with Crippen LogP contribution < -0.4 is 14.8 Å². The Balaban J connectivity index is 1.06. The number of ether oxygens (including phenoxy) is 2. The van der Waals surface area contributed by atoms with Gasteiger partial charge in [0.25, 0.3) is 11.8 Å². The Morgan fingerprint density at radius 3 is 2.10 bits per heavy atom. The van der Waals surface area contributed by atoms with Gasteiger partial charge in [-0.1, -0.05) is 0 Å². The molecule has 0 unspecified atom stereocenters. The summed E-state index contributed by atoms with van der Waals surface area (Å²) in [5.74, 6) is 1.01. The number of amides is 2. The summed E-state index contributed by atoms with van der Waals surface area (Å²) in [5, 5.41) is 12.0. The molecule has 2 aromatic carbocycles. The standard InChI is InChI=1S/C33H34N4O5/c1-41-27-11-4-23(5-12-27)31(38)24-16-18-37(19-17-24)33(40)25-6-15-30(35-21-25)32(39)36-26-7-13-29(14-8-26)42-28-9-2-22(20-34)3-10-28/h2-6,9-12,15,21,24,26,29H,7-8,13-14,16-19H2,1H3,(H,36,39)/t26-,29+. The molecule has 1 N–H and O–H groups in total. The molecule has 3 aromatic rings. The average Bonchev–Trinajstić information content (AvgIpc) is 3.05. The molecule has 1 aliphatic carbocycles. The first-order valence-corrected chi connectivity index (χ1v) is 14.3. The lowest BCUT2D eigenvalue weighted by atomic mass is 9.88. The lowest BCUT2D eigenvalue weighted by Crippen LogP contribution is -2.40. The average molecular weight is 567 g/mol. The van der Waals surface area contributed by atoms with Crippen LogP contribution in [0.15, 0.2) is 66.9 Å². The molecule has 5 rings (SSSR count). The number of pyridine rings is 1. The molecule has 9 nitrogen and oxygen atoms in total. The van der Waals surface area contributed by atoms with E-state index < -0.39 is 0 Å².